The number of likely N-dealkylation sites (N-methyl/N-ethyl adjacent to an activating group) is 1. The molecule has 3 rings (SSSR count). The first-order valence-corrected chi connectivity index (χ1v) is 10.9. The highest BCUT2D eigenvalue weighted by Gasteiger charge is 2.20. The normalized spacial score (nSPS) is 11.8. The van der Waals surface area contributed by atoms with Crippen molar-refractivity contribution in [3.05, 3.63) is 101 Å². The standard InChI is InChI=1S/C26H28ClN3O2/c1-30(2)17-16-19-12-14-21(15-13-19)28-25(31)18-24(20-8-4-3-5-9-20)29-26(32)22-10-6-7-11-23(22)27/h3-15,24H,16-18H2,1-2H3,(H,28,31)(H,29,32). The number of benzene rings is 3. The van der Waals surface area contributed by atoms with Gasteiger partial charge in [-0.1, -0.05) is 66.2 Å². The molecule has 32 heavy (non-hydrogen) atoms. The van der Waals surface area contributed by atoms with Crippen LogP contribution in [0.1, 0.15) is 33.9 Å². The molecule has 5 nitrogen and oxygen atoms in total. The van der Waals surface area contributed by atoms with Gasteiger partial charge in [0.05, 0.1) is 23.0 Å². The Morgan fingerprint density at radius 3 is 2.22 bits per heavy atom. The molecule has 6 heteroatoms. The van der Waals surface area contributed by atoms with E-state index in [0.717, 1.165) is 24.2 Å². The minimum atomic E-state index is -0.487. The van der Waals surface area contributed by atoms with Gasteiger partial charge >= 0.3 is 0 Å². The Hall–Kier alpha value is -3.15. The van der Waals surface area contributed by atoms with Crippen LogP contribution < -0.4 is 10.6 Å². The lowest BCUT2D eigenvalue weighted by Gasteiger charge is -2.19. The summed E-state index contributed by atoms with van der Waals surface area (Å²) in [5.74, 6) is -0.498. The zero-order chi connectivity index (χ0) is 22.9. The molecule has 0 heterocycles. The fourth-order valence-electron chi connectivity index (χ4n) is 3.32. The van der Waals surface area contributed by atoms with Crippen LogP contribution in [0.25, 0.3) is 0 Å². The third kappa shape index (κ3) is 6.94. The largest absolute Gasteiger partial charge is 0.345 e. The fraction of sp³-hybridized carbons (Fsp3) is 0.231. The molecule has 0 radical (unpaired) electrons. The van der Waals surface area contributed by atoms with Gasteiger partial charge in [0.2, 0.25) is 5.91 Å². The molecular formula is C26H28ClN3O2. The first-order chi connectivity index (χ1) is 15.4. The van der Waals surface area contributed by atoms with Gasteiger partial charge in [0.15, 0.2) is 0 Å². The summed E-state index contributed by atoms with van der Waals surface area (Å²) in [5, 5.41) is 6.26. The predicted octanol–water partition coefficient (Wildman–Crippen LogP) is 4.94. The molecule has 1 atom stereocenters. The van der Waals surface area contributed by atoms with E-state index >= 15 is 0 Å². The number of rotatable bonds is 9. The van der Waals surface area contributed by atoms with E-state index < -0.39 is 6.04 Å². The highest BCUT2D eigenvalue weighted by Crippen LogP contribution is 2.21. The van der Waals surface area contributed by atoms with Gasteiger partial charge in [0, 0.05) is 12.2 Å². The molecule has 0 bridgehead atoms. The zero-order valence-corrected chi connectivity index (χ0v) is 19.1. The lowest BCUT2D eigenvalue weighted by molar-refractivity contribution is -0.116. The van der Waals surface area contributed by atoms with Crippen LogP contribution in [0.3, 0.4) is 0 Å². The summed E-state index contributed by atoms with van der Waals surface area (Å²) in [4.78, 5) is 27.7. The maximum atomic E-state index is 12.8. The van der Waals surface area contributed by atoms with E-state index in [1.807, 2.05) is 68.7 Å². The third-order valence-corrected chi connectivity index (χ3v) is 5.43. The van der Waals surface area contributed by atoms with Crippen molar-refractivity contribution in [3.63, 3.8) is 0 Å². The Morgan fingerprint density at radius 2 is 1.56 bits per heavy atom. The molecule has 0 saturated carbocycles. The number of anilines is 1. The molecule has 3 aromatic rings. The molecule has 2 amide bonds. The van der Waals surface area contributed by atoms with E-state index in [4.69, 9.17) is 11.6 Å². The van der Waals surface area contributed by atoms with Gasteiger partial charge in [-0.15, -0.1) is 0 Å². The molecular weight excluding hydrogens is 422 g/mol. The second-order valence-electron chi connectivity index (χ2n) is 7.92. The summed E-state index contributed by atoms with van der Waals surface area (Å²) in [6.07, 6.45) is 1.05. The Bertz CT molecular complexity index is 1040. The molecule has 0 aliphatic rings. The second kappa shape index (κ2) is 11.5. The Kier molecular flexibility index (Phi) is 8.42. The van der Waals surface area contributed by atoms with Crippen LogP contribution in [-0.4, -0.2) is 37.4 Å². The number of amides is 2. The molecule has 0 fully saturated rings. The molecule has 3 aromatic carbocycles. The molecule has 0 aliphatic heterocycles. The smallest absolute Gasteiger partial charge is 0.253 e. The molecule has 0 aromatic heterocycles. The number of nitrogens with one attached hydrogen (secondary N) is 2. The van der Waals surface area contributed by atoms with Crippen LogP contribution in [0.2, 0.25) is 5.02 Å². The van der Waals surface area contributed by atoms with Crippen molar-refractivity contribution in [2.75, 3.05) is 26.0 Å². The van der Waals surface area contributed by atoms with Crippen LogP contribution >= 0.6 is 11.6 Å². The third-order valence-electron chi connectivity index (χ3n) is 5.10. The number of carbonyl (C=O) groups is 2. The molecule has 0 aliphatic carbocycles. The summed E-state index contributed by atoms with van der Waals surface area (Å²) in [5.41, 5.74) is 3.17. The van der Waals surface area contributed by atoms with Crippen molar-refractivity contribution in [3.8, 4) is 0 Å². The summed E-state index contributed by atoms with van der Waals surface area (Å²) in [6, 6.07) is 23.7. The van der Waals surface area contributed by atoms with E-state index in [1.54, 1.807) is 24.3 Å². The van der Waals surface area contributed by atoms with Crippen LogP contribution in [0.15, 0.2) is 78.9 Å². The lowest BCUT2D eigenvalue weighted by atomic mass is 10.0. The van der Waals surface area contributed by atoms with Crippen LogP contribution in [-0.2, 0) is 11.2 Å². The van der Waals surface area contributed by atoms with Crippen molar-refractivity contribution < 1.29 is 9.59 Å². The van der Waals surface area contributed by atoms with E-state index in [-0.39, 0.29) is 18.2 Å². The zero-order valence-electron chi connectivity index (χ0n) is 18.3. The molecule has 166 valence electrons. The summed E-state index contributed by atoms with van der Waals surface area (Å²) in [6.45, 7) is 0.968. The average molecular weight is 450 g/mol. The van der Waals surface area contributed by atoms with Gasteiger partial charge in [0.25, 0.3) is 5.91 Å². The van der Waals surface area contributed by atoms with E-state index in [9.17, 15) is 9.59 Å². The number of carbonyl (C=O) groups excluding carboxylic acids is 2. The Labute approximate surface area is 194 Å². The quantitative estimate of drug-likeness (QED) is 0.486. The monoisotopic (exact) mass is 449 g/mol. The van der Waals surface area contributed by atoms with Crippen molar-refractivity contribution in [1.82, 2.24) is 10.2 Å². The lowest BCUT2D eigenvalue weighted by Crippen LogP contribution is -2.31. The highest BCUT2D eigenvalue weighted by atomic mass is 35.5. The second-order valence-corrected chi connectivity index (χ2v) is 8.33. The first kappa shape index (κ1) is 23.5. The number of nitrogens with zero attached hydrogens (tertiary/aromatic N) is 1. The van der Waals surface area contributed by atoms with Gasteiger partial charge in [-0.3, -0.25) is 9.59 Å². The minimum absolute atomic E-state index is 0.0998. The SMILES string of the molecule is CN(C)CCc1ccc(NC(=O)CC(NC(=O)c2ccccc2Cl)c2ccccc2)cc1. The predicted molar refractivity (Wildman–Crippen MR) is 130 cm³/mol. The van der Waals surface area contributed by atoms with Crippen LogP contribution in [0.5, 0.6) is 0 Å². The topological polar surface area (TPSA) is 61.4 Å². The van der Waals surface area contributed by atoms with Crippen molar-refractivity contribution in [2.24, 2.45) is 0 Å². The van der Waals surface area contributed by atoms with Gasteiger partial charge < -0.3 is 15.5 Å². The van der Waals surface area contributed by atoms with Crippen molar-refractivity contribution in [1.29, 1.82) is 0 Å². The van der Waals surface area contributed by atoms with E-state index in [1.165, 1.54) is 5.56 Å². The molecule has 2 N–H and O–H groups in total. The van der Waals surface area contributed by atoms with Crippen molar-refractivity contribution in [2.45, 2.75) is 18.9 Å². The van der Waals surface area contributed by atoms with Crippen LogP contribution in [0, 0.1) is 0 Å². The first-order valence-electron chi connectivity index (χ1n) is 10.6. The number of halogens is 1. The number of hydrogen-bond donors (Lipinski definition) is 2. The highest BCUT2D eigenvalue weighted by molar-refractivity contribution is 6.33. The maximum absolute atomic E-state index is 12.8. The maximum Gasteiger partial charge on any atom is 0.253 e. The fourth-order valence-corrected chi connectivity index (χ4v) is 3.55. The van der Waals surface area contributed by atoms with Crippen LogP contribution in [0.4, 0.5) is 5.69 Å². The van der Waals surface area contributed by atoms with Gasteiger partial charge in [-0.05, 0) is 55.9 Å². The van der Waals surface area contributed by atoms with E-state index in [2.05, 4.69) is 15.5 Å². The number of hydrogen-bond acceptors (Lipinski definition) is 3. The Balaban J connectivity index is 1.67. The summed E-state index contributed by atoms with van der Waals surface area (Å²) in [7, 11) is 4.09. The Morgan fingerprint density at radius 1 is 0.906 bits per heavy atom. The molecule has 1 unspecified atom stereocenters. The molecule has 0 spiro atoms. The summed E-state index contributed by atoms with van der Waals surface area (Å²) >= 11 is 6.17. The molecule has 0 saturated heterocycles. The van der Waals surface area contributed by atoms with Gasteiger partial charge in [-0.2, -0.15) is 0 Å². The van der Waals surface area contributed by atoms with Gasteiger partial charge in [-0.25, -0.2) is 0 Å². The van der Waals surface area contributed by atoms with E-state index in [0.29, 0.717) is 10.6 Å². The minimum Gasteiger partial charge on any atom is -0.345 e. The summed E-state index contributed by atoms with van der Waals surface area (Å²) < 4.78 is 0. The average Bonchev–Trinajstić information content (AvgIpc) is 2.79. The van der Waals surface area contributed by atoms with Crippen molar-refractivity contribution >= 4 is 29.1 Å². The van der Waals surface area contributed by atoms with Gasteiger partial charge in [0.1, 0.15) is 0 Å².